The molecule has 1 atom stereocenters. The average molecular weight is 341 g/mol. The molecule has 1 unspecified atom stereocenters. The number of hydrogen-bond acceptors (Lipinski definition) is 2. The number of sulfonamides is 1. The van der Waals surface area contributed by atoms with Gasteiger partial charge in [-0.15, -0.1) is 0 Å². The fourth-order valence-corrected chi connectivity index (χ4v) is 3.61. The molecule has 0 saturated carbocycles. The monoisotopic (exact) mass is 339 g/mol. The van der Waals surface area contributed by atoms with E-state index in [-0.39, 0.29) is 10.9 Å². The minimum Gasteiger partial charge on any atom is -0.208 e. The van der Waals surface area contributed by atoms with Crippen molar-refractivity contribution in [3.05, 3.63) is 29.3 Å². The van der Waals surface area contributed by atoms with Gasteiger partial charge in [0.2, 0.25) is 10.0 Å². The number of rotatable bonds is 6. The molecule has 0 saturated heterocycles. The van der Waals surface area contributed by atoms with Crippen molar-refractivity contribution in [1.29, 1.82) is 0 Å². The van der Waals surface area contributed by atoms with Gasteiger partial charge in [0, 0.05) is 16.4 Å². The Kier molecular flexibility index (Phi) is 5.92. The molecule has 0 bridgehead atoms. The third-order valence-corrected chi connectivity index (χ3v) is 4.59. The average Bonchev–Trinajstić information content (AvgIpc) is 2.28. The summed E-state index contributed by atoms with van der Waals surface area (Å²) in [5.41, 5.74) is 0. The first-order chi connectivity index (χ1) is 7.99. The molecule has 1 N–H and O–H groups in total. The zero-order valence-corrected chi connectivity index (χ0v) is 12.6. The van der Waals surface area contributed by atoms with E-state index in [9.17, 15) is 8.42 Å². The first-order valence-electron chi connectivity index (χ1n) is 5.33. The molecule has 1 aromatic rings. The van der Waals surface area contributed by atoms with E-state index >= 15 is 0 Å². The maximum absolute atomic E-state index is 12.0. The SMILES string of the molecule is CCC(CCBr)NS(=O)(=O)c1cccc(Cl)c1. The quantitative estimate of drug-likeness (QED) is 0.808. The summed E-state index contributed by atoms with van der Waals surface area (Å²) < 4.78 is 26.8. The van der Waals surface area contributed by atoms with Gasteiger partial charge in [-0.1, -0.05) is 40.5 Å². The topological polar surface area (TPSA) is 46.2 Å². The largest absolute Gasteiger partial charge is 0.240 e. The summed E-state index contributed by atoms with van der Waals surface area (Å²) in [5.74, 6) is 0. The lowest BCUT2D eigenvalue weighted by atomic mass is 10.2. The predicted octanol–water partition coefficient (Wildman–Crippen LogP) is 3.18. The van der Waals surface area contributed by atoms with Gasteiger partial charge in [-0.25, -0.2) is 13.1 Å². The van der Waals surface area contributed by atoms with Crippen molar-refractivity contribution in [2.45, 2.75) is 30.7 Å². The fraction of sp³-hybridized carbons (Fsp3) is 0.455. The molecule has 0 radical (unpaired) electrons. The Labute approximate surface area is 116 Å². The second kappa shape index (κ2) is 6.73. The van der Waals surface area contributed by atoms with Crippen LogP contribution in [-0.4, -0.2) is 19.8 Å². The van der Waals surface area contributed by atoms with Gasteiger partial charge >= 0.3 is 0 Å². The molecule has 1 rings (SSSR count). The second-order valence-electron chi connectivity index (χ2n) is 3.66. The maximum atomic E-state index is 12.0. The number of alkyl halides is 1. The molecule has 3 nitrogen and oxygen atoms in total. The van der Waals surface area contributed by atoms with Gasteiger partial charge in [0.1, 0.15) is 0 Å². The highest BCUT2D eigenvalue weighted by Crippen LogP contribution is 2.16. The Morgan fingerprint density at radius 1 is 1.47 bits per heavy atom. The van der Waals surface area contributed by atoms with Crippen LogP contribution in [0.3, 0.4) is 0 Å². The molecular formula is C11H15BrClNO2S. The molecule has 6 heteroatoms. The molecule has 1 aromatic carbocycles. The van der Waals surface area contributed by atoms with Crippen LogP contribution in [0.15, 0.2) is 29.2 Å². The smallest absolute Gasteiger partial charge is 0.208 e. The minimum atomic E-state index is -3.47. The Bertz CT molecular complexity index is 464. The normalized spacial score (nSPS) is 13.6. The number of benzene rings is 1. The Morgan fingerprint density at radius 3 is 2.71 bits per heavy atom. The Hall–Kier alpha value is -0.100. The highest BCUT2D eigenvalue weighted by atomic mass is 79.9. The van der Waals surface area contributed by atoms with Crippen LogP contribution in [0.5, 0.6) is 0 Å². The van der Waals surface area contributed by atoms with Crippen LogP contribution in [0, 0.1) is 0 Å². The van der Waals surface area contributed by atoms with Gasteiger partial charge in [-0.05, 0) is 31.0 Å². The van der Waals surface area contributed by atoms with Gasteiger partial charge in [0.05, 0.1) is 4.90 Å². The van der Waals surface area contributed by atoms with E-state index in [1.54, 1.807) is 12.1 Å². The first-order valence-corrected chi connectivity index (χ1v) is 8.31. The van der Waals surface area contributed by atoms with Crippen LogP contribution in [-0.2, 0) is 10.0 Å². The Balaban J connectivity index is 2.88. The van der Waals surface area contributed by atoms with Crippen molar-refractivity contribution in [2.75, 3.05) is 5.33 Å². The van der Waals surface area contributed by atoms with Crippen molar-refractivity contribution >= 4 is 37.6 Å². The fourth-order valence-electron chi connectivity index (χ4n) is 1.40. The molecule has 0 aromatic heterocycles. The van der Waals surface area contributed by atoms with E-state index in [1.165, 1.54) is 12.1 Å². The van der Waals surface area contributed by atoms with Crippen molar-refractivity contribution in [3.63, 3.8) is 0 Å². The van der Waals surface area contributed by atoms with Crippen LogP contribution in [0.4, 0.5) is 0 Å². The highest BCUT2D eigenvalue weighted by Gasteiger charge is 2.18. The number of hydrogen-bond donors (Lipinski definition) is 1. The second-order valence-corrected chi connectivity index (χ2v) is 6.60. The number of halogens is 2. The molecule has 0 heterocycles. The standard InChI is InChI=1S/C11H15BrClNO2S/c1-2-10(6-7-12)14-17(15,16)11-5-3-4-9(13)8-11/h3-5,8,10,14H,2,6-7H2,1H3. The van der Waals surface area contributed by atoms with E-state index in [2.05, 4.69) is 20.7 Å². The van der Waals surface area contributed by atoms with Gasteiger partial charge in [0.25, 0.3) is 0 Å². The summed E-state index contributed by atoms with van der Waals surface area (Å²) in [6, 6.07) is 6.21. The zero-order chi connectivity index (χ0) is 12.9. The van der Waals surface area contributed by atoms with Crippen LogP contribution < -0.4 is 4.72 Å². The predicted molar refractivity (Wildman–Crippen MR) is 74.3 cm³/mol. The summed E-state index contributed by atoms with van der Waals surface area (Å²) >= 11 is 9.09. The van der Waals surface area contributed by atoms with Crippen LogP contribution in [0.25, 0.3) is 0 Å². The van der Waals surface area contributed by atoms with Gasteiger partial charge in [-0.2, -0.15) is 0 Å². The Morgan fingerprint density at radius 2 is 2.18 bits per heavy atom. The highest BCUT2D eigenvalue weighted by molar-refractivity contribution is 9.09. The summed E-state index contributed by atoms with van der Waals surface area (Å²) in [7, 11) is -3.47. The van der Waals surface area contributed by atoms with E-state index in [4.69, 9.17) is 11.6 Å². The van der Waals surface area contributed by atoms with Crippen molar-refractivity contribution in [2.24, 2.45) is 0 Å². The zero-order valence-electron chi connectivity index (χ0n) is 9.49. The van der Waals surface area contributed by atoms with E-state index < -0.39 is 10.0 Å². The van der Waals surface area contributed by atoms with Crippen molar-refractivity contribution in [1.82, 2.24) is 4.72 Å². The summed E-state index contributed by atoms with van der Waals surface area (Å²) in [6.07, 6.45) is 1.52. The lowest BCUT2D eigenvalue weighted by molar-refractivity contribution is 0.533. The number of nitrogens with one attached hydrogen (secondary N) is 1. The van der Waals surface area contributed by atoms with Gasteiger partial charge < -0.3 is 0 Å². The van der Waals surface area contributed by atoms with Crippen molar-refractivity contribution in [3.8, 4) is 0 Å². The minimum absolute atomic E-state index is 0.0571. The lowest BCUT2D eigenvalue weighted by Gasteiger charge is -2.15. The van der Waals surface area contributed by atoms with Crippen LogP contribution in [0.2, 0.25) is 5.02 Å². The van der Waals surface area contributed by atoms with Crippen LogP contribution >= 0.6 is 27.5 Å². The third-order valence-electron chi connectivity index (χ3n) is 2.38. The molecular weight excluding hydrogens is 326 g/mol. The molecule has 0 aliphatic carbocycles. The molecule has 17 heavy (non-hydrogen) atoms. The van der Waals surface area contributed by atoms with E-state index in [0.717, 1.165) is 18.2 Å². The molecule has 0 aliphatic heterocycles. The lowest BCUT2D eigenvalue weighted by Crippen LogP contribution is -2.34. The third kappa shape index (κ3) is 4.58. The molecule has 96 valence electrons. The maximum Gasteiger partial charge on any atom is 0.240 e. The summed E-state index contributed by atoms with van der Waals surface area (Å²) in [4.78, 5) is 0.207. The molecule has 0 fully saturated rings. The van der Waals surface area contributed by atoms with E-state index in [1.807, 2.05) is 6.92 Å². The van der Waals surface area contributed by atoms with Gasteiger partial charge in [0.15, 0.2) is 0 Å². The molecule has 0 aliphatic rings. The van der Waals surface area contributed by atoms with Crippen molar-refractivity contribution < 1.29 is 8.42 Å². The van der Waals surface area contributed by atoms with E-state index in [0.29, 0.717) is 5.02 Å². The first kappa shape index (κ1) is 15.0. The summed E-state index contributed by atoms with van der Waals surface area (Å²) in [6.45, 7) is 1.95. The molecule has 0 amide bonds. The summed E-state index contributed by atoms with van der Waals surface area (Å²) in [5, 5.41) is 1.19. The molecule has 0 spiro atoms. The van der Waals surface area contributed by atoms with Gasteiger partial charge in [-0.3, -0.25) is 0 Å². The van der Waals surface area contributed by atoms with Crippen LogP contribution in [0.1, 0.15) is 19.8 Å².